The quantitative estimate of drug-likeness (QED) is 0.157. The second-order valence-corrected chi connectivity index (χ2v) is 17.2. The molecule has 1 amide bonds. The summed E-state index contributed by atoms with van der Waals surface area (Å²) < 4.78 is 68.1. The number of anilines is 1. The number of amides is 1. The predicted molar refractivity (Wildman–Crippen MR) is 216 cm³/mol. The van der Waals surface area contributed by atoms with Gasteiger partial charge < -0.3 is 48.4 Å². The van der Waals surface area contributed by atoms with Gasteiger partial charge in [0.1, 0.15) is 45.2 Å². The Morgan fingerprint density at radius 3 is 2.56 bits per heavy atom. The fourth-order valence-corrected chi connectivity index (χ4v) is 8.99. The Morgan fingerprint density at radius 1 is 1.07 bits per heavy atom. The number of rotatable bonds is 11. The van der Waals surface area contributed by atoms with Crippen LogP contribution < -0.4 is 19.1 Å². The zero-order valence-electron chi connectivity index (χ0n) is 34.9. The SMILES string of the molecule is CCc1c(F)ccc2cc(OCOC)cc(-c3nc(OC)c4c(N5C[C@H](CO)OC[C@@](C)(O)C5)nc(OC[C@]56CCC[C@H]5N(C(=O)OC(C)(C)C)CCC6)nc4c3F)c12. The molecule has 2 aromatic carbocycles. The molecule has 4 atom stereocenters. The Bertz CT molecular complexity index is 2200. The van der Waals surface area contributed by atoms with Gasteiger partial charge in [-0.3, -0.25) is 0 Å². The van der Waals surface area contributed by atoms with Crippen LogP contribution in [-0.2, 0) is 20.6 Å². The number of fused-ring (bicyclic) bond motifs is 3. The smallest absolute Gasteiger partial charge is 0.410 e. The number of aliphatic hydroxyl groups excluding tert-OH is 1. The number of carbonyl (C=O) groups is 1. The first-order valence-electron chi connectivity index (χ1n) is 20.3. The number of halogens is 2. The average molecular weight is 824 g/mol. The normalized spacial score (nSPS) is 23.6. The number of methoxy groups -OCH3 is 2. The highest BCUT2D eigenvalue weighted by Crippen LogP contribution is 2.49. The first-order chi connectivity index (χ1) is 28.1. The Balaban J connectivity index is 1.40. The van der Waals surface area contributed by atoms with Crippen LogP contribution in [0.25, 0.3) is 32.9 Å². The molecular formula is C43H55F2N5O9. The summed E-state index contributed by atoms with van der Waals surface area (Å²) in [5.41, 5.74) is -2.24. The molecule has 16 heteroatoms. The van der Waals surface area contributed by atoms with Crippen molar-refractivity contribution in [1.82, 2.24) is 19.9 Å². The number of nitrogens with zero attached hydrogens (tertiary/aromatic N) is 5. The molecular weight excluding hydrogens is 768 g/mol. The van der Waals surface area contributed by atoms with Gasteiger partial charge in [0.2, 0.25) is 5.88 Å². The molecule has 0 radical (unpaired) electrons. The lowest BCUT2D eigenvalue weighted by molar-refractivity contribution is -0.0528. The van der Waals surface area contributed by atoms with E-state index in [1.165, 1.54) is 20.3 Å². The largest absolute Gasteiger partial charge is 0.480 e. The van der Waals surface area contributed by atoms with Crippen molar-refractivity contribution < 1.29 is 52.2 Å². The van der Waals surface area contributed by atoms with Gasteiger partial charge in [0.25, 0.3) is 0 Å². The van der Waals surface area contributed by atoms with Crippen molar-refractivity contribution in [3.63, 3.8) is 0 Å². The van der Waals surface area contributed by atoms with Gasteiger partial charge >= 0.3 is 12.1 Å². The molecule has 7 rings (SSSR count). The fourth-order valence-electron chi connectivity index (χ4n) is 8.99. The lowest BCUT2D eigenvalue weighted by Gasteiger charge is -2.46. The van der Waals surface area contributed by atoms with Gasteiger partial charge in [0.15, 0.2) is 12.6 Å². The van der Waals surface area contributed by atoms with Crippen LogP contribution in [0.2, 0.25) is 0 Å². The standard InChI is InChI=1S/C43H55F2N5O9/c1-8-28-30(44)13-12-25-17-26(58-24-54-6)18-29(32(25)28)35-34(45)36-33(38(46-35)55-7)37(49-19-27(20-51)56-22-42(5,53)21-49)48-39(47-36)57-23-43-14-9-11-31(43)50(16-10-15-43)40(52)59-41(2,3)4/h12-13,17-18,27,31,51,53H,8-11,14-16,19-24H2,1-7H3/t27-,31-,42+,43-/m1/s1. The van der Waals surface area contributed by atoms with Gasteiger partial charge in [-0.15, -0.1) is 0 Å². The summed E-state index contributed by atoms with van der Waals surface area (Å²) in [5, 5.41) is 22.7. The molecule has 59 heavy (non-hydrogen) atoms. The van der Waals surface area contributed by atoms with Crippen molar-refractivity contribution in [2.45, 2.75) is 96.5 Å². The topological polar surface area (TPSA) is 158 Å². The molecule has 4 aromatic rings. The summed E-state index contributed by atoms with van der Waals surface area (Å²) in [5.74, 6) is -0.856. The number of likely N-dealkylation sites (tertiary alicyclic amines) is 1. The number of aryl methyl sites for hydroxylation is 1. The summed E-state index contributed by atoms with van der Waals surface area (Å²) in [6.45, 7) is 9.21. The molecule has 1 saturated carbocycles. The highest BCUT2D eigenvalue weighted by atomic mass is 19.1. The first kappa shape index (κ1) is 42.5. The number of benzene rings is 2. The number of hydrogen-bond donors (Lipinski definition) is 2. The van der Waals surface area contributed by atoms with Crippen LogP contribution in [0.5, 0.6) is 17.6 Å². The maximum Gasteiger partial charge on any atom is 0.410 e. The summed E-state index contributed by atoms with van der Waals surface area (Å²) in [7, 11) is 2.87. The zero-order chi connectivity index (χ0) is 42.3. The van der Waals surface area contributed by atoms with Crippen molar-refractivity contribution in [3.05, 3.63) is 41.5 Å². The van der Waals surface area contributed by atoms with E-state index in [-0.39, 0.29) is 91.7 Å². The van der Waals surface area contributed by atoms with Crippen molar-refractivity contribution in [3.8, 4) is 28.9 Å². The monoisotopic (exact) mass is 823 g/mol. The lowest BCUT2D eigenvalue weighted by Crippen LogP contribution is -2.55. The molecule has 0 spiro atoms. The molecule has 2 saturated heterocycles. The summed E-state index contributed by atoms with van der Waals surface area (Å²) in [6.07, 6.45) is 3.22. The van der Waals surface area contributed by atoms with E-state index in [0.29, 0.717) is 35.1 Å². The zero-order valence-corrected chi connectivity index (χ0v) is 34.9. The molecule has 320 valence electrons. The first-order valence-corrected chi connectivity index (χ1v) is 20.3. The highest BCUT2D eigenvalue weighted by molar-refractivity contribution is 6.03. The molecule has 2 N–H and O–H groups in total. The molecule has 14 nitrogen and oxygen atoms in total. The fraction of sp³-hybridized carbons (Fsp3) is 0.581. The van der Waals surface area contributed by atoms with Gasteiger partial charge in [-0.2, -0.15) is 9.97 Å². The molecule has 1 aliphatic carbocycles. The molecule has 2 aromatic heterocycles. The maximum atomic E-state index is 17.7. The Morgan fingerprint density at radius 2 is 1.85 bits per heavy atom. The Labute approximate surface area is 342 Å². The number of aromatic nitrogens is 3. The van der Waals surface area contributed by atoms with Gasteiger partial charge in [0, 0.05) is 37.2 Å². The van der Waals surface area contributed by atoms with Gasteiger partial charge in [-0.25, -0.2) is 18.6 Å². The van der Waals surface area contributed by atoms with Crippen LogP contribution >= 0.6 is 0 Å². The summed E-state index contributed by atoms with van der Waals surface area (Å²) >= 11 is 0. The number of hydrogen-bond acceptors (Lipinski definition) is 13. The molecule has 4 heterocycles. The maximum absolute atomic E-state index is 17.7. The van der Waals surface area contributed by atoms with E-state index in [2.05, 4.69) is 0 Å². The number of aliphatic hydroxyl groups is 2. The Kier molecular flexibility index (Phi) is 12.1. The minimum Gasteiger partial charge on any atom is -0.480 e. The highest BCUT2D eigenvalue weighted by Gasteiger charge is 2.51. The van der Waals surface area contributed by atoms with E-state index in [4.69, 9.17) is 43.4 Å². The second-order valence-electron chi connectivity index (χ2n) is 17.2. The lowest BCUT2D eigenvalue weighted by atomic mass is 9.75. The summed E-state index contributed by atoms with van der Waals surface area (Å²) in [4.78, 5) is 31.2. The molecule has 0 bridgehead atoms. The van der Waals surface area contributed by atoms with Crippen molar-refractivity contribution in [2.24, 2.45) is 5.41 Å². The van der Waals surface area contributed by atoms with E-state index in [0.717, 1.165) is 32.1 Å². The third-order valence-electron chi connectivity index (χ3n) is 11.5. The van der Waals surface area contributed by atoms with Crippen LogP contribution in [0.15, 0.2) is 24.3 Å². The van der Waals surface area contributed by atoms with Crippen LogP contribution in [0.4, 0.5) is 19.4 Å². The summed E-state index contributed by atoms with van der Waals surface area (Å²) in [6, 6.07) is 6.00. The number of ether oxygens (including phenoxy) is 6. The van der Waals surface area contributed by atoms with Crippen molar-refractivity contribution in [1.29, 1.82) is 0 Å². The third kappa shape index (κ3) is 8.54. The van der Waals surface area contributed by atoms with E-state index in [9.17, 15) is 15.0 Å². The third-order valence-corrected chi connectivity index (χ3v) is 11.5. The van der Waals surface area contributed by atoms with Crippen LogP contribution in [0.3, 0.4) is 0 Å². The number of pyridine rings is 1. The van der Waals surface area contributed by atoms with E-state index < -0.39 is 34.4 Å². The molecule has 3 aliphatic rings. The van der Waals surface area contributed by atoms with E-state index >= 15 is 8.78 Å². The van der Waals surface area contributed by atoms with E-state index in [1.807, 2.05) is 32.6 Å². The van der Waals surface area contributed by atoms with Gasteiger partial charge in [0.05, 0.1) is 39.6 Å². The minimum atomic E-state index is -1.40. The van der Waals surface area contributed by atoms with E-state index in [1.54, 1.807) is 30.0 Å². The molecule has 3 fully saturated rings. The van der Waals surface area contributed by atoms with Crippen LogP contribution in [0.1, 0.15) is 72.3 Å². The second kappa shape index (κ2) is 16.8. The molecule has 2 aliphatic heterocycles. The number of piperidine rings is 1. The Hall–Kier alpha value is -4.64. The van der Waals surface area contributed by atoms with Crippen molar-refractivity contribution >= 4 is 33.6 Å². The van der Waals surface area contributed by atoms with Gasteiger partial charge in [-0.05, 0) is 94.3 Å². The van der Waals surface area contributed by atoms with Crippen LogP contribution in [-0.4, -0.2) is 120 Å². The van der Waals surface area contributed by atoms with Crippen LogP contribution in [0, 0.1) is 17.0 Å². The predicted octanol–water partition coefficient (Wildman–Crippen LogP) is 6.57. The van der Waals surface area contributed by atoms with Crippen molar-refractivity contribution in [2.75, 3.05) is 65.4 Å². The number of carbonyl (C=O) groups excluding carboxylic acids is 1. The minimum absolute atomic E-state index is 0.0128. The average Bonchev–Trinajstić information content (AvgIpc) is 3.57. The molecule has 0 unspecified atom stereocenters. The number of β-amino-alcohol motifs (C(OH)–C–C–N with tert-alkyl or cyclic N) is 1. The van der Waals surface area contributed by atoms with Gasteiger partial charge in [-0.1, -0.05) is 19.4 Å².